The van der Waals surface area contributed by atoms with Crippen LogP contribution in [0.25, 0.3) is 0 Å². The summed E-state index contributed by atoms with van der Waals surface area (Å²) < 4.78 is 13.2. The Morgan fingerprint density at radius 3 is 2.23 bits per heavy atom. The summed E-state index contributed by atoms with van der Waals surface area (Å²) in [4.78, 5) is 0. The maximum Gasteiger partial charge on any atom is 0.126 e. The molecule has 0 bridgehead atoms. The molecule has 13 heavy (non-hydrogen) atoms. The average molecular weight is 254 g/mol. The topological polar surface area (TPSA) is 0 Å². The number of aryl methyl sites for hydroxylation is 3. The van der Waals surface area contributed by atoms with Crippen LogP contribution in [0, 0.1) is 19.7 Å². The molecule has 0 saturated heterocycles. The summed E-state index contributed by atoms with van der Waals surface area (Å²) in [7, 11) is 0. The van der Waals surface area contributed by atoms with Crippen LogP contribution >= 0.6 is 0 Å². The van der Waals surface area contributed by atoms with Crippen LogP contribution in [-0.4, -0.2) is 0 Å². The van der Waals surface area contributed by atoms with Gasteiger partial charge in [0.15, 0.2) is 0 Å². The first kappa shape index (κ1) is 13.3. The third-order valence-corrected chi connectivity index (χ3v) is 2.18. The van der Waals surface area contributed by atoms with Gasteiger partial charge in [-0.2, -0.15) is 0 Å². The van der Waals surface area contributed by atoms with Gasteiger partial charge in [-0.25, -0.2) is 4.39 Å². The van der Waals surface area contributed by atoms with Crippen LogP contribution in [0.1, 0.15) is 30.0 Å². The monoisotopic (exact) mass is 254 g/mol. The first-order valence-electron chi connectivity index (χ1n) is 4.40. The molecule has 0 heterocycles. The predicted molar refractivity (Wildman–Crippen MR) is 49.9 cm³/mol. The molecule has 0 amide bonds. The van der Waals surface area contributed by atoms with E-state index in [0.717, 1.165) is 24.0 Å². The zero-order chi connectivity index (χ0) is 9.14. The first-order valence-corrected chi connectivity index (χ1v) is 4.40. The predicted octanol–water partition coefficient (Wildman–Crippen LogP) is 3.39. The second-order valence-electron chi connectivity index (χ2n) is 3.28. The van der Waals surface area contributed by atoms with Gasteiger partial charge >= 0.3 is 0 Å². The fourth-order valence-electron chi connectivity index (χ4n) is 1.30. The van der Waals surface area contributed by atoms with Gasteiger partial charge in [-0.1, -0.05) is 19.4 Å². The molecule has 69 valence electrons. The van der Waals surface area contributed by atoms with E-state index < -0.39 is 0 Å². The summed E-state index contributed by atoms with van der Waals surface area (Å²) in [6, 6.07) is 3.58. The molecule has 0 aliphatic rings. The van der Waals surface area contributed by atoms with Gasteiger partial charge in [0.2, 0.25) is 0 Å². The SMILES string of the molecule is CCCc1cc(C)c(C)cc1[18F].[Y]. The number of hydrogen-bond acceptors (Lipinski definition) is 0. The zero-order valence-corrected chi connectivity index (χ0v) is 11.4. The number of halogens is 1. The van der Waals surface area contributed by atoms with E-state index in [9.17, 15) is 4.39 Å². The number of benzene rings is 1. The maximum atomic E-state index is 13.2. The van der Waals surface area contributed by atoms with E-state index in [0.29, 0.717) is 0 Å². The van der Waals surface area contributed by atoms with Crippen molar-refractivity contribution in [3.63, 3.8) is 0 Å². The zero-order valence-electron chi connectivity index (χ0n) is 8.52. The summed E-state index contributed by atoms with van der Waals surface area (Å²) in [5.41, 5.74) is 3.06. The third kappa shape index (κ3) is 3.48. The molecule has 2 heteroatoms. The van der Waals surface area contributed by atoms with Gasteiger partial charge in [0.05, 0.1) is 0 Å². The summed E-state index contributed by atoms with van der Waals surface area (Å²) in [6.45, 7) is 6.02. The van der Waals surface area contributed by atoms with Gasteiger partial charge < -0.3 is 0 Å². The Hall–Kier alpha value is 0.254. The Bertz CT molecular complexity index is 282. The van der Waals surface area contributed by atoms with Crippen LogP contribution in [0.4, 0.5) is 4.39 Å². The largest absolute Gasteiger partial charge is 0.207 e. The van der Waals surface area contributed by atoms with Crippen molar-refractivity contribution in [1.82, 2.24) is 0 Å². The van der Waals surface area contributed by atoms with E-state index in [1.807, 2.05) is 19.9 Å². The Morgan fingerprint density at radius 2 is 1.69 bits per heavy atom. The van der Waals surface area contributed by atoms with E-state index in [-0.39, 0.29) is 38.5 Å². The molecule has 0 spiro atoms. The molecule has 1 aromatic carbocycles. The van der Waals surface area contributed by atoms with Gasteiger partial charge in [-0.15, -0.1) is 0 Å². The normalized spacial score (nSPS) is 9.54. The van der Waals surface area contributed by atoms with E-state index in [1.54, 1.807) is 6.07 Å². The minimum atomic E-state index is -0.0556. The van der Waals surface area contributed by atoms with Crippen molar-refractivity contribution in [1.29, 1.82) is 0 Å². The summed E-state index contributed by atoms with van der Waals surface area (Å²) in [5, 5.41) is 0. The van der Waals surface area contributed by atoms with Crippen molar-refractivity contribution in [2.45, 2.75) is 33.6 Å². The molecule has 0 aliphatic carbocycles. The van der Waals surface area contributed by atoms with E-state index >= 15 is 0 Å². The average Bonchev–Trinajstić information content (AvgIpc) is 2.01. The van der Waals surface area contributed by atoms with E-state index in [2.05, 4.69) is 6.92 Å². The standard InChI is InChI=1S/C11H15F.Y/c1-4-5-10-6-8(2)9(3)7-11(10)12;/h6-7H,4-5H2,1-3H3;/i12-1;. The van der Waals surface area contributed by atoms with Crippen LogP contribution in [0.15, 0.2) is 12.1 Å². The molecule has 1 rings (SSSR count). The van der Waals surface area contributed by atoms with Crippen molar-refractivity contribution in [3.8, 4) is 0 Å². The fourth-order valence-corrected chi connectivity index (χ4v) is 1.30. The molecule has 0 nitrogen and oxygen atoms in total. The molecule has 0 saturated carbocycles. The molecule has 1 radical (unpaired) electrons. The molecular formula is C11H15FY. The number of rotatable bonds is 2. The van der Waals surface area contributed by atoms with Crippen LogP contribution in [-0.2, 0) is 39.1 Å². The van der Waals surface area contributed by atoms with Crippen molar-refractivity contribution >= 4 is 0 Å². The minimum absolute atomic E-state index is 0. The Balaban J connectivity index is 0.00000144. The Kier molecular flexibility index (Phi) is 5.99. The molecular weight excluding hydrogens is 239 g/mol. The van der Waals surface area contributed by atoms with Gasteiger partial charge in [0.1, 0.15) is 5.82 Å². The second-order valence-corrected chi connectivity index (χ2v) is 3.28. The van der Waals surface area contributed by atoms with Crippen LogP contribution in [0.3, 0.4) is 0 Å². The summed E-state index contributed by atoms with van der Waals surface area (Å²) in [6.07, 6.45) is 1.84. The smallest absolute Gasteiger partial charge is 0.126 e. The van der Waals surface area contributed by atoms with E-state index in [1.165, 1.54) is 5.56 Å². The van der Waals surface area contributed by atoms with Crippen molar-refractivity contribution < 1.29 is 37.1 Å². The minimum Gasteiger partial charge on any atom is -0.207 e. The maximum absolute atomic E-state index is 13.2. The summed E-state index contributed by atoms with van der Waals surface area (Å²) >= 11 is 0. The number of hydrogen-bond donors (Lipinski definition) is 0. The van der Waals surface area contributed by atoms with Gasteiger partial charge in [0, 0.05) is 32.7 Å². The quantitative estimate of drug-likeness (QED) is 0.758. The molecule has 0 aromatic heterocycles. The molecule has 0 N–H and O–H groups in total. The third-order valence-electron chi connectivity index (χ3n) is 2.18. The molecule has 0 atom stereocenters. The van der Waals surface area contributed by atoms with Crippen LogP contribution in [0.2, 0.25) is 0 Å². The van der Waals surface area contributed by atoms with Gasteiger partial charge in [-0.3, -0.25) is 0 Å². The fraction of sp³-hybridized carbons (Fsp3) is 0.455. The molecule has 0 fully saturated rings. The first-order chi connectivity index (χ1) is 5.65. The van der Waals surface area contributed by atoms with Gasteiger partial charge in [-0.05, 0) is 43.0 Å². The van der Waals surface area contributed by atoms with E-state index in [4.69, 9.17) is 0 Å². The van der Waals surface area contributed by atoms with Gasteiger partial charge in [0.25, 0.3) is 0 Å². The van der Waals surface area contributed by atoms with Crippen LogP contribution in [0.5, 0.6) is 0 Å². The van der Waals surface area contributed by atoms with Crippen LogP contribution < -0.4 is 0 Å². The molecule has 0 aliphatic heterocycles. The van der Waals surface area contributed by atoms with Crippen molar-refractivity contribution in [2.75, 3.05) is 0 Å². The Morgan fingerprint density at radius 1 is 1.15 bits per heavy atom. The molecule has 1 aromatic rings. The summed E-state index contributed by atoms with van der Waals surface area (Å²) in [5.74, 6) is -0.0556. The van der Waals surface area contributed by atoms with Crippen molar-refractivity contribution in [3.05, 3.63) is 34.6 Å². The second kappa shape index (κ2) is 5.87. The van der Waals surface area contributed by atoms with Crippen molar-refractivity contribution in [2.24, 2.45) is 0 Å². The Labute approximate surface area is 105 Å². The molecule has 0 unspecified atom stereocenters.